The molecule has 1 aromatic carbocycles. The SMILES string of the molecule is CNCC(=O)c1cc(C)ccc1OC. The topological polar surface area (TPSA) is 38.3 Å². The average Bonchev–Trinajstić information content (AvgIpc) is 2.18. The third kappa shape index (κ3) is 2.33. The first-order valence-electron chi connectivity index (χ1n) is 4.51. The lowest BCUT2D eigenvalue weighted by molar-refractivity contribution is 0.0990. The molecule has 0 unspecified atom stereocenters. The zero-order valence-corrected chi connectivity index (χ0v) is 8.76. The lowest BCUT2D eigenvalue weighted by Crippen LogP contribution is -2.19. The normalized spacial score (nSPS) is 9.93. The Hall–Kier alpha value is -1.35. The number of likely N-dealkylation sites (N-methyl/N-ethyl adjacent to an activating group) is 1. The highest BCUT2D eigenvalue weighted by Crippen LogP contribution is 2.19. The van der Waals surface area contributed by atoms with Crippen LogP contribution in [0.2, 0.25) is 0 Å². The Morgan fingerprint density at radius 2 is 2.21 bits per heavy atom. The van der Waals surface area contributed by atoms with Crippen molar-refractivity contribution >= 4 is 5.78 Å². The van der Waals surface area contributed by atoms with Gasteiger partial charge in [0.05, 0.1) is 19.2 Å². The largest absolute Gasteiger partial charge is 0.496 e. The van der Waals surface area contributed by atoms with Crippen molar-refractivity contribution in [1.29, 1.82) is 0 Å². The number of benzene rings is 1. The van der Waals surface area contributed by atoms with Crippen LogP contribution in [0, 0.1) is 6.92 Å². The van der Waals surface area contributed by atoms with Gasteiger partial charge in [-0.15, -0.1) is 0 Å². The molecule has 3 heteroatoms. The molecule has 0 aliphatic heterocycles. The van der Waals surface area contributed by atoms with Crippen LogP contribution in [0.25, 0.3) is 0 Å². The molecule has 0 aliphatic rings. The third-order valence-electron chi connectivity index (χ3n) is 1.99. The molecule has 0 heterocycles. The summed E-state index contributed by atoms with van der Waals surface area (Å²) >= 11 is 0. The highest BCUT2D eigenvalue weighted by Gasteiger charge is 2.10. The number of aryl methyl sites for hydroxylation is 1. The monoisotopic (exact) mass is 193 g/mol. The van der Waals surface area contributed by atoms with Crippen molar-refractivity contribution in [3.05, 3.63) is 29.3 Å². The van der Waals surface area contributed by atoms with Gasteiger partial charge < -0.3 is 10.1 Å². The number of carbonyl (C=O) groups is 1. The van der Waals surface area contributed by atoms with Gasteiger partial charge in [-0.05, 0) is 26.1 Å². The Kier molecular flexibility index (Phi) is 3.65. The summed E-state index contributed by atoms with van der Waals surface area (Å²) in [7, 11) is 3.32. The van der Waals surface area contributed by atoms with E-state index in [-0.39, 0.29) is 5.78 Å². The minimum atomic E-state index is 0.0491. The summed E-state index contributed by atoms with van der Waals surface area (Å²) in [4.78, 5) is 11.6. The van der Waals surface area contributed by atoms with Crippen LogP contribution >= 0.6 is 0 Å². The lowest BCUT2D eigenvalue weighted by Gasteiger charge is -2.07. The molecule has 76 valence electrons. The van der Waals surface area contributed by atoms with Gasteiger partial charge >= 0.3 is 0 Å². The van der Waals surface area contributed by atoms with E-state index in [1.165, 1.54) is 0 Å². The number of ether oxygens (including phenoxy) is 1. The maximum absolute atomic E-state index is 11.6. The van der Waals surface area contributed by atoms with Crippen molar-refractivity contribution in [3.8, 4) is 5.75 Å². The average molecular weight is 193 g/mol. The molecule has 0 amide bonds. The van der Waals surface area contributed by atoms with E-state index < -0.39 is 0 Å². The molecular formula is C11H15NO2. The first-order chi connectivity index (χ1) is 6.69. The molecular weight excluding hydrogens is 178 g/mol. The van der Waals surface area contributed by atoms with Crippen LogP contribution in [-0.4, -0.2) is 26.5 Å². The third-order valence-corrected chi connectivity index (χ3v) is 1.99. The Morgan fingerprint density at radius 3 is 2.79 bits per heavy atom. The van der Waals surface area contributed by atoms with Gasteiger partial charge in [-0.25, -0.2) is 0 Å². The zero-order valence-electron chi connectivity index (χ0n) is 8.76. The van der Waals surface area contributed by atoms with E-state index in [1.54, 1.807) is 14.2 Å². The molecule has 1 N–H and O–H groups in total. The molecule has 14 heavy (non-hydrogen) atoms. The van der Waals surface area contributed by atoms with Crippen LogP contribution in [0.1, 0.15) is 15.9 Å². The second kappa shape index (κ2) is 4.77. The Labute approximate surface area is 84.1 Å². The van der Waals surface area contributed by atoms with Crippen molar-refractivity contribution in [3.63, 3.8) is 0 Å². The number of hydrogen-bond donors (Lipinski definition) is 1. The fourth-order valence-electron chi connectivity index (χ4n) is 1.30. The summed E-state index contributed by atoms with van der Waals surface area (Å²) in [6, 6.07) is 5.59. The molecule has 0 fully saturated rings. The number of carbonyl (C=O) groups excluding carboxylic acids is 1. The van der Waals surface area contributed by atoms with Crippen LogP contribution in [0.4, 0.5) is 0 Å². The molecule has 0 spiro atoms. The Bertz CT molecular complexity index is 334. The lowest BCUT2D eigenvalue weighted by atomic mass is 10.1. The van der Waals surface area contributed by atoms with Gasteiger partial charge in [-0.2, -0.15) is 0 Å². The fourth-order valence-corrected chi connectivity index (χ4v) is 1.30. The van der Waals surface area contributed by atoms with Crippen molar-refractivity contribution in [2.24, 2.45) is 0 Å². The van der Waals surface area contributed by atoms with Crippen LogP contribution in [0.5, 0.6) is 5.75 Å². The Morgan fingerprint density at radius 1 is 1.50 bits per heavy atom. The number of rotatable bonds is 4. The number of Topliss-reactive ketones (excluding diaryl/α,β-unsaturated/α-hetero) is 1. The molecule has 0 bridgehead atoms. The summed E-state index contributed by atoms with van der Waals surface area (Å²) in [6.07, 6.45) is 0. The number of hydrogen-bond acceptors (Lipinski definition) is 3. The minimum absolute atomic E-state index is 0.0491. The van der Waals surface area contributed by atoms with Gasteiger partial charge in [0.15, 0.2) is 5.78 Å². The maximum Gasteiger partial charge on any atom is 0.180 e. The van der Waals surface area contributed by atoms with Crippen molar-refractivity contribution < 1.29 is 9.53 Å². The van der Waals surface area contributed by atoms with E-state index in [4.69, 9.17) is 4.74 Å². The van der Waals surface area contributed by atoms with Gasteiger partial charge in [0.2, 0.25) is 0 Å². The number of nitrogens with one attached hydrogen (secondary N) is 1. The summed E-state index contributed by atoms with van der Waals surface area (Å²) in [5.41, 5.74) is 1.70. The van der Waals surface area contributed by atoms with Crippen molar-refractivity contribution in [2.75, 3.05) is 20.7 Å². The van der Waals surface area contributed by atoms with E-state index in [9.17, 15) is 4.79 Å². The molecule has 1 rings (SSSR count). The maximum atomic E-state index is 11.6. The minimum Gasteiger partial charge on any atom is -0.496 e. The molecule has 0 saturated heterocycles. The van der Waals surface area contributed by atoms with E-state index >= 15 is 0 Å². The summed E-state index contributed by atoms with van der Waals surface area (Å²) < 4.78 is 5.12. The number of ketones is 1. The zero-order chi connectivity index (χ0) is 10.6. The van der Waals surface area contributed by atoms with Crippen LogP contribution in [0.15, 0.2) is 18.2 Å². The number of methoxy groups -OCH3 is 1. The molecule has 1 aromatic rings. The highest BCUT2D eigenvalue weighted by atomic mass is 16.5. The van der Waals surface area contributed by atoms with Gasteiger partial charge in [0.1, 0.15) is 5.75 Å². The van der Waals surface area contributed by atoms with E-state index in [1.807, 2.05) is 25.1 Å². The van der Waals surface area contributed by atoms with E-state index in [0.717, 1.165) is 5.56 Å². The van der Waals surface area contributed by atoms with E-state index in [0.29, 0.717) is 17.9 Å². The van der Waals surface area contributed by atoms with Crippen LogP contribution in [0.3, 0.4) is 0 Å². The highest BCUT2D eigenvalue weighted by molar-refractivity contribution is 6.00. The first-order valence-corrected chi connectivity index (χ1v) is 4.51. The fraction of sp³-hybridized carbons (Fsp3) is 0.364. The summed E-state index contributed by atoms with van der Waals surface area (Å²) in [6.45, 7) is 2.29. The predicted molar refractivity (Wildman–Crippen MR) is 56.0 cm³/mol. The van der Waals surface area contributed by atoms with E-state index in [2.05, 4.69) is 5.32 Å². The van der Waals surface area contributed by atoms with Gasteiger partial charge in [0, 0.05) is 0 Å². The van der Waals surface area contributed by atoms with Gasteiger partial charge in [-0.3, -0.25) is 4.79 Å². The molecule has 0 aromatic heterocycles. The Balaban J connectivity index is 3.03. The molecule has 0 saturated carbocycles. The van der Waals surface area contributed by atoms with Crippen LogP contribution < -0.4 is 10.1 Å². The van der Waals surface area contributed by atoms with Crippen molar-refractivity contribution in [1.82, 2.24) is 5.32 Å². The molecule has 0 atom stereocenters. The standard InChI is InChI=1S/C11H15NO2/c1-8-4-5-11(14-3)9(6-8)10(13)7-12-2/h4-6,12H,7H2,1-3H3. The summed E-state index contributed by atoms with van der Waals surface area (Å²) in [5, 5.41) is 2.83. The molecule has 0 radical (unpaired) electrons. The second-order valence-electron chi connectivity index (χ2n) is 3.16. The van der Waals surface area contributed by atoms with Gasteiger partial charge in [0.25, 0.3) is 0 Å². The predicted octanol–water partition coefficient (Wildman–Crippen LogP) is 1.41. The van der Waals surface area contributed by atoms with Crippen molar-refractivity contribution in [2.45, 2.75) is 6.92 Å². The molecule has 0 aliphatic carbocycles. The van der Waals surface area contributed by atoms with Gasteiger partial charge in [-0.1, -0.05) is 11.6 Å². The quantitative estimate of drug-likeness (QED) is 0.735. The smallest absolute Gasteiger partial charge is 0.180 e. The first kappa shape index (κ1) is 10.7. The van der Waals surface area contributed by atoms with Crippen LogP contribution in [-0.2, 0) is 0 Å². The molecule has 3 nitrogen and oxygen atoms in total. The summed E-state index contributed by atoms with van der Waals surface area (Å²) in [5.74, 6) is 0.684. The second-order valence-corrected chi connectivity index (χ2v) is 3.16.